The zero-order chi connectivity index (χ0) is 14.9. The zero-order valence-corrected chi connectivity index (χ0v) is 14.9. The molecule has 0 nitrogen and oxygen atoms in total. The molecule has 0 heterocycles. The van der Waals surface area contributed by atoms with Gasteiger partial charge in [-0.2, -0.15) is 0 Å². The second-order valence-electron chi connectivity index (χ2n) is 5.97. The maximum absolute atomic E-state index is 3.92. The third-order valence-corrected chi connectivity index (χ3v) is 6.20. The topological polar surface area (TPSA) is 0 Å². The minimum absolute atomic E-state index is 0.190. The first kappa shape index (κ1) is 13.1. The quantitative estimate of drug-likeness (QED) is 0.189. The van der Waals surface area contributed by atoms with Gasteiger partial charge in [0.2, 0.25) is 0 Å². The van der Waals surface area contributed by atoms with E-state index in [-0.39, 0.29) is 3.23 Å². The van der Waals surface area contributed by atoms with Gasteiger partial charge in [0.15, 0.2) is 0 Å². The molecule has 0 atom stereocenters. The van der Waals surface area contributed by atoms with Crippen molar-refractivity contribution in [3.8, 4) is 0 Å². The highest BCUT2D eigenvalue weighted by Crippen LogP contribution is 2.50. The summed E-state index contributed by atoms with van der Waals surface area (Å²) in [6.45, 7) is 0. The Kier molecular flexibility index (Phi) is 2.58. The molecule has 0 fully saturated rings. The van der Waals surface area contributed by atoms with E-state index in [2.05, 4.69) is 92.5 Å². The molecule has 0 unspecified atom stereocenters. The first-order valence-corrected chi connectivity index (χ1v) is 9.00. The molecule has 0 amide bonds. The van der Waals surface area contributed by atoms with Gasteiger partial charge >= 0.3 is 0 Å². The van der Waals surface area contributed by atoms with Gasteiger partial charge in [0.05, 0.1) is 0 Å². The molecule has 0 N–H and O–H groups in total. The van der Waals surface area contributed by atoms with E-state index >= 15 is 0 Å². The second kappa shape index (κ2) is 4.33. The van der Waals surface area contributed by atoms with Gasteiger partial charge in [-0.15, -0.1) is 0 Å². The summed E-state index contributed by atoms with van der Waals surface area (Å²) in [5, 5.41) is 9.42. The molecule has 5 rings (SSSR count). The van der Waals surface area contributed by atoms with Crippen molar-refractivity contribution in [3.05, 3.63) is 65.4 Å². The molecule has 1 aliphatic carbocycles. The number of rotatable bonds is 0. The van der Waals surface area contributed by atoms with Crippen molar-refractivity contribution in [1.82, 2.24) is 0 Å². The molecule has 0 saturated carbocycles. The maximum atomic E-state index is 3.92. The highest BCUT2D eigenvalue weighted by molar-refractivity contribution is 9.24. The van der Waals surface area contributed by atoms with Crippen LogP contribution < -0.4 is 5.22 Å². The Balaban J connectivity index is 2.25. The summed E-state index contributed by atoms with van der Waals surface area (Å²) in [6, 6.07) is 19.9. The molecule has 0 aliphatic heterocycles. The second-order valence-corrected chi connectivity index (χ2v) is 9.74. The Morgan fingerprint density at radius 2 is 1.36 bits per heavy atom. The summed E-state index contributed by atoms with van der Waals surface area (Å²) < 4.78 is -0.190. The van der Waals surface area contributed by atoms with E-state index in [0.717, 1.165) is 6.42 Å². The van der Waals surface area contributed by atoms with E-state index in [9.17, 15) is 0 Å². The molecule has 1 aliphatic rings. The number of benzene rings is 4. The van der Waals surface area contributed by atoms with Crippen LogP contribution in [0.3, 0.4) is 0 Å². The molecule has 0 saturated heterocycles. The lowest BCUT2D eigenvalue weighted by atomic mass is 9.86. The third kappa shape index (κ3) is 1.57. The van der Waals surface area contributed by atoms with E-state index in [1.165, 1.54) is 43.1 Å². The molecule has 0 bridgehead atoms. The van der Waals surface area contributed by atoms with Crippen LogP contribution in [0.1, 0.15) is 12.0 Å². The molecule has 0 spiro atoms. The molecule has 4 aromatic rings. The molecule has 0 radical (unpaired) electrons. The Labute approximate surface area is 145 Å². The van der Waals surface area contributed by atoms with Crippen molar-refractivity contribution in [1.29, 1.82) is 0 Å². The maximum Gasteiger partial charge on any atom is 0.110 e. The molecular weight excluding hydrogens is 400 g/mol. The van der Waals surface area contributed by atoms with Crippen LogP contribution in [0.15, 0.2) is 54.6 Å². The van der Waals surface area contributed by atoms with Gasteiger partial charge in [-0.1, -0.05) is 92.5 Å². The molecule has 106 valence electrons. The van der Waals surface area contributed by atoms with Crippen LogP contribution >= 0.6 is 31.9 Å². The highest BCUT2D eigenvalue weighted by Gasteiger charge is 2.32. The Morgan fingerprint density at radius 3 is 2.14 bits per heavy atom. The number of hydrogen-bond donors (Lipinski definition) is 0. The normalized spacial score (nSPS) is 16.3. The number of halogens is 2. The van der Waals surface area contributed by atoms with Crippen LogP contribution in [0.4, 0.5) is 0 Å². The van der Waals surface area contributed by atoms with Crippen molar-refractivity contribution in [2.24, 2.45) is 0 Å². The summed E-state index contributed by atoms with van der Waals surface area (Å²) in [7, 11) is 0. The summed E-state index contributed by atoms with van der Waals surface area (Å²) >= 11 is 7.84. The van der Waals surface area contributed by atoms with E-state index in [1.54, 1.807) is 0 Å². The van der Waals surface area contributed by atoms with Crippen molar-refractivity contribution < 1.29 is 0 Å². The molecule has 4 aromatic carbocycles. The highest BCUT2D eigenvalue weighted by atomic mass is 79.9. The molecular formula is C20H12Br2. The molecule has 0 aromatic heterocycles. The van der Waals surface area contributed by atoms with E-state index in [0.29, 0.717) is 0 Å². The van der Waals surface area contributed by atoms with Gasteiger partial charge in [0.1, 0.15) is 3.23 Å². The third-order valence-electron chi connectivity index (χ3n) is 4.75. The summed E-state index contributed by atoms with van der Waals surface area (Å²) in [4.78, 5) is 0. The van der Waals surface area contributed by atoms with Gasteiger partial charge in [-0.05, 0) is 49.5 Å². The average molecular weight is 412 g/mol. The van der Waals surface area contributed by atoms with Gasteiger partial charge < -0.3 is 0 Å². The predicted molar refractivity (Wildman–Crippen MR) is 103 cm³/mol. The van der Waals surface area contributed by atoms with Crippen LogP contribution in [0.2, 0.25) is 0 Å². The first-order chi connectivity index (χ1) is 10.7. The van der Waals surface area contributed by atoms with Crippen molar-refractivity contribution in [3.63, 3.8) is 0 Å². The fourth-order valence-electron chi connectivity index (χ4n) is 3.87. The Bertz CT molecular complexity index is 1120. The van der Waals surface area contributed by atoms with Gasteiger partial charge in [0.25, 0.3) is 0 Å². The van der Waals surface area contributed by atoms with Crippen molar-refractivity contribution >= 4 is 70.3 Å². The Morgan fingerprint density at radius 1 is 0.727 bits per heavy atom. The summed E-state index contributed by atoms with van der Waals surface area (Å²) in [5.74, 6) is 0. The average Bonchev–Trinajstić information content (AvgIpc) is 2.53. The minimum Gasteiger partial charge on any atom is -0.0740 e. The van der Waals surface area contributed by atoms with Crippen LogP contribution in [-0.2, 0) is 3.23 Å². The smallest absolute Gasteiger partial charge is 0.0740 e. The first-order valence-electron chi connectivity index (χ1n) is 7.41. The summed E-state index contributed by atoms with van der Waals surface area (Å²) in [5.41, 5.74) is 1.37. The van der Waals surface area contributed by atoms with Gasteiger partial charge in [-0.25, -0.2) is 0 Å². The lowest BCUT2D eigenvalue weighted by molar-refractivity contribution is 0.976. The van der Waals surface area contributed by atoms with Crippen LogP contribution in [0, 0.1) is 0 Å². The summed E-state index contributed by atoms with van der Waals surface area (Å²) in [6.07, 6.45) is 3.26. The lowest BCUT2D eigenvalue weighted by Gasteiger charge is -2.28. The van der Waals surface area contributed by atoms with Gasteiger partial charge in [0, 0.05) is 0 Å². The number of hydrogen-bond acceptors (Lipinski definition) is 0. The largest absolute Gasteiger partial charge is 0.110 e. The van der Waals surface area contributed by atoms with Crippen molar-refractivity contribution in [2.75, 3.05) is 0 Å². The lowest BCUT2D eigenvalue weighted by Crippen LogP contribution is -2.20. The van der Waals surface area contributed by atoms with Crippen LogP contribution in [0.5, 0.6) is 0 Å². The Hall–Kier alpha value is -1.38. The van der Waals surface area contributed by atoms with Crippen molar-refractivity contribution in [2.45, 2.75) is 9.65 Å². The van der Waals surface area contributed by atoms with Crippen LogP contribution in [0.25, 0.3) is 38.4 Å². The minimum atomic E-state index is -0.190. The number of fused-ring (bicyclic) bond motifs is 2. The zero-order valence-electron chi connectivity index (χ0n) is 11.7. The van der Waals surface area contributed by atoms with E-state index in [1.807, 2.05) is 0 Å². The fourth-order valence-corrected chi connectivity index (χ4v) is 5.02. The number of alkyl halides is 2. The van der Waals surface area contributed by atoms with Gasteiger partial charge in [-0.3, -0.25) is 0 Å². The monoisotopic (exact) mass is 410 g/mol. The predicted octanol–water partition coefficient (Wildman–Crippen LogP) is 5.99. The van der Waals surface area contributed by atoms with E-state index in [4.69, 9.17) is 0 Å². The molecule has 2 heteroatoms. The van der Waals surface area contributed by atoms with E-state index < -0.39 is 0 Å². The standard InChI is InChI=1S/C20H12Br2/c21-20(22)11-10-13-6-2-8-15-14-7-1-4-12-5-3-9-16(17(12)14)19(20)18(13)15/h1-10H,11H2. The fraction of sp³-hybridized carbons (Fsp3) is 0.100. The van der Waals surface area contributed by atoms with Crippen LogP contribution in [-0.4, -0.2) is 0 Å². The SMILES string of the molecule is BrC1(Br)CC=c2cccc3c2c1c1cccc2cccc3c21. The molecule has 22 heavy (non-hydrogen) atoms.